The number of halogens is 1. The Morgan fingerprint density at radius 3 is 2.87 bits per heavy atom. The molecular weight excluding hydrogens is 299 g/mol. The van der Waals surface area contributed by atoms with E-state index in [1.165, 1.54) is 12.1 Å². The molecule has 1 unspecified atom stereocenters. The van der Waals surface area contributed by atoms with E-state index >= 15 is 0 Å². The average molecular weight is 320 g/mol. The third-order valence-electron chi connectivity index (χ3n) is 4.08. The van der Waals surface area contributed by atoms with E-state index in [9.17, 15) is 4.39 Å². The highest BCUT2D eigenvalue weighted by molar-refractivity contribution is 5.67. The summed E-state index contributed by atoms with van der Waals surface area (Å²) in [5, 5.41) is 4.15. The zero-order valence-corrected chi connectivity index (χ0v) is 13.6. The molecule has 0 aliphatic carbocycles. The molecule has 1 atom stereocenters. The lowest BCUT2D eigenvalue weighted by Gasteiger charge is -2.38. The van der Waals surface area contributed by atoms with E-state index in [2.05, 4.69) is 5.10 Å². The minimum Gasteiger partial charge on any atom is -0.490 e. The highest BCUT2D eigenvalue weighted by Gasteiger charge is 2.35. The van der Waals surface area contributed by atoms with Gasteiger partial charge in [-0.25, -0.2) is 4.39 Å². The summed E-state index contributed by atoms with van der Waals surface area (Å²) < 4.78 is 32.7. The maximum absolute atomic E-state index is 13.6. The Morgan fingerprint density at radius 2 is 2.17 bits per heavy atom. The molecule has 3 rings (SSSR count). The number of aromatic nitrogens is 2. The van der Waals surface area contributed by atoms with Crippen LogP contribution in [0.1, 0.15) is 13.8 Å². The second kappa shape index (κ2) is 6.29. The van der Waals surface area contributed by atoms with Gasteiger partial charge in [0.25, 0.3) is 0 Å². The van der Waals surface area contributed by atoms with Crippen molar-refractivity contribution in [3.8, 4) is 17.0 Å². The van der Waals surface area contributed by atoms with Gasteiger partial charge >= 0.3 is 0 Å². The molecule has 5 nitrogen and oxygen atoms in total. The Morgan fingerprint density at radius 1 is 1.35 bits per heavy atom. The van der Waals surface area contributed by atoms with Gasteiger partial charge in [-0.15, -0.1) is 0 Å². The summed E-state index contributed by atoms with van der Waals surface area (Å²) >= 11 is 0. The molecule has 1 fully saturated rings. The van der Waals surface area contributed by atoms with Gasteiger partial charge < -0.3 is 14.2 Å². The maximum Gasteiger partial charge on any atom is 0.131 e. The molecule has 1 aromatic carbocycles. The number of nitrogens with zero attached hydrogens (tertiary/aromatic N) is 2. The van der Waals surface area contributed by atoms with Gasteiger partial charge in [-0.2, -0.15) is 5.10 Å². The Labute approximate surface area is 135 Å². The Kier molecular flexibility index (Phi) is 4.37. The number of ether oxygens (including phenoxy) is 3. The van der Waals surface area contributed by atoms with E-state index in [1.807, 2.05) is 27.0 Å². The van der Waals surface area contributed by atoms with Crippen molar-refractivity contribution in [2.24, 2.45) is 7.05 Å². The third kappa shape index (κ3) is 3.38. The quantitative estimate of drug-likeness (QED) is 0.869. The van der Waals surface area contributed by atoms with Crippen molar-refractivity contribution in [2.75, 3.05) is 19.8 Å². The van der Waals surface area contributed by atoms with Crippen molar-refractivity contribution in [3.05, 3.63) is 36.3 Å². The molecule has 2 heterocycles. The highest BCUT2D eigenvalue weighted by atomic mass is 19.1. The number of hydrogen-bond donors (Lipinski definition) is 0. The van der Waals surface area contributed by atoms with Crippen LogP contribution in [0.4, 0.5) is 4.39 Å². The van der Waals surface area contributed by atoms with Crippen molar-refractivity contribution >= 4 is 0 Å². The Hall–Kier alpha value is -1.92. The zero-order chi connectivity index (χ0) is 16.4. The molecule has 124 valence electrons. The van der Waals surface area contributed by atoms with Crippen LogP contribution in [0.25, 0.3) is 11.3 Å². The van der Waals surface area contributed by atoms with Crippen molar-refractivity contribution in [1.82, 2.24) is 9.78 Å². The zero-order valence-electron chi connectivity index (χ0n) is 13.6. The number of aryl methyl sites for hydroxylation is 1. The highest BCUT2D eigenvalue weighted by Crippen LogP contribution is 2.31. The summed E-state index contributed by atoms with van der Waals surface area (Å²) in [6.07, 6.45) is 1.49. The number of hydrogen-bond acceptors (Lipinski definition) is 4. The molecule has 0 N–H and O–H groups in total. The van der Waals surface area contributed by atoms with Crippen molar-refractivity contribution in [3.63, 3.8) is 0 Å². The summed E-state index contributed by atoms with van der Waals surface area (Å²) in [5.41, 5.74) is 1.22. The summed E-state index contributed by atoms with van der Waals surface area (Å²) in [4.78, 5) is 0. The van der Waals surface area contributed by atoms with Gasteiger partial charge in [0.1, 0.15) is 24.3 Å². The molecule has 0 radical (unpaired) electrons. The van der Waals surface area contributed by atoms with Crippen molar-refractivity contribution in [2.45, 2.75) is 25.6 Å². The van der Waals surface area contributed by atoms with Crippen LogP contribution in [0.15, 0.2) is 30.5 Å². The van der Waals surface area contributed by atoms with Crippen LogP contribution >= 0.6 is 0 Å². The molecule has 0 amide bonds. The lowest BCUT2D eigenvalue weighted by Crippen LogP contribution is -2.49. The van der Waals surface area contributed by atoms with E-state index in [0.29, 0.717) is 25.6 Å². The predicted molar refractivity (Wildman–Crippen MR) is 83.9 cm³/mol. The van der Waals surface area contributed by atoms with E-state index in [-0.39, 0.29) is 11.9 Å². The van der Waals surface area contributed by atoms with Crippen LogP contribution < -0.4 is 4.74 Å². The van der Waals surface area contributed by atoms with E-state index < -0.39 is 5.60 Å². The summed E-state index contributed by atoms with van der Waals surface area (Å²) in [5.74, 6) is 0.129. The smallest absolute Gasteiger partial charge is 0.131 e. The predicted octanol–water partition coefficient (Wildman–Crippen LogP) is 2.80. The third-order valence-corrected chi connectivity index (χ3v) is 4.08. The number of rotatable bonds is 4. The molecule has 0 bridgehead atoms. The summed E-state index contributed by atoms with van der Waals surface area (Å²) in [7, 11) is 1.84. The van der Waals surface area contributed by atoms with Crippen LogP contribution in [-0.2, 0) is 16.5 Å². The van der Waals surface area contributed by atoms with E-state index in [1.54, 1.807) is 16.9 Å². The van der Waals surface area contributed by atoms with E-state index in [4.69, 9.17) is 14.2 Å². The van der Waals surface area contributed by atoms with Crippen LogP contribution in [0.2, 0.25) is 0 Å². The molecule has 1 aliphatic rings. The van der Waals surface area contributed by atoms with Gasteiger partial charge in [0.05, 0.1) is 24.5 Å². The maximum atomic E-state index is 13.6. The fraction of sp³-hybridized carbons (Fsp3) is 0.471. The normalized spacial score (nSPS) is 20.4. The lowest BCUT2D eigenvalue weighted by atomic mass is 10.0. The van der Waals surface area contributed by atoms with Gasteiger partial charge in [0.2, 0.25) is 0 Å². The van der Waals surface area contributed by atoms with Crippen LogP contribution in [0.3, 0.4) is 0 Å². The molecule has 0 saturated carbocycles. The largest absolute Gasteiger partial charge is 0.490 e. The molecule has 2 aromatic rings. The van der Waals surface area contributed by atoms with Gasteiger partial charge in [-0.1, -0.05) is 0 Å². The van der Waals surface area contributed by atoms with Crippen LogP contribution in [0, 0.1) is 5.82 Å². The topological polar surface area (TPSA) is 45.5 Å². The van der Waals surface area contributed by atoms with Crippen molar-refractivity contribution in [1.29, 1.82) is 0 Å². The number of benzene rings is 1. The molecule has 1 aromatic heterocycles. The van der Waals surface area contributed by atoms with Gasteiger partial charge in [0.15, 0.2) is 0 Å². The molecule has 1 aliphatic heterocycles. The van der Waals surface area contributed by atoms with Crippen molar-refractivity contribution < 1.29 is 18.6 Å². The Balaban J connectivity index is 1.82. The molecular formula is C17H21FN2O3. The minimum atomic E-state index is -0.432. The second-order valence-electron chi connectivity index (χ2n) is 6.10. The fourth-order valence-electron chi connectivity index (χ4n) is 2.67. The average Bonchev–Trinajstić information content (AvgIpc) is 2.92. The lowest BCUT2D eigenvalue weighted by molar-refractivity contribution is -0.194. The SMILES string of the molecule is Cn1nccc1-c1ccc(F)cc1OCC1OCCOC1(C)C. The molecule has 6 heteroatoms. The first-order valence-corrected chi connectivity index (χ1v) is 7.63. The summed E-state index contributed by atoms with van der Waals surface area (Å²) in [6.45, 7) is 5.34. The minimum absolute atomic E-state index is 0.209. The first-order chi connectivity index (χ1) is 11.0. The fourth-order valence-corrected chi connectivity index (χ4v) is 2.67. The second-order valence-corrected chi connectivity index (χ2v) is 6.10. The molecule has 23 heavy (non-hydrogen) atoms. The standard InChI is InChI=1S/C17H21FN2O3/c1-17(2)16(21-8-9-23-17)11-22-15-10-12(18)4-5-13(15)14-6-7-19-20(14)3/h4-7,10,16H,8-9,11H2,1-3H3. The van der Waals surface area contributed by atoms with Crippen LogP contribution in [-0.4, -0.2) is 41.3 Å². The van der Waals surface area contributed by atoms with Gasteiger partial charge in [-0.3, -0.25) is 4.68 Å². The first kappa shape index (κ1) is 16.0. The summed E-state index contributed by atoms with van der Waals surface area (Å²) in [6, 6.07) is 6.37. The monoisotopic (exact) mass is 320 g/mol. The molecule has 1 saturated heterocycles. The van der Waals surface area contributed by atoms with Gasteiger partial charge in [0, 0.05) is 24.9 Å². The first-order valence-electron chi connectivity index (χ1n) is 7.63. The van der Waals surface area contributed by atoms with E-state index in [0.717, 1.165) is 11.3 Å². The Bertz CT molecular complexity index is 684. The molecule has 0 spiro atoms. The van der Waals surface area contributed by atoms with Crippen LogP contribution in [0.5, 0.6) is 5.75 Å². The van der Waals surface area contributed by atoms with Gasteiger partial charge in [-0.05, 0) is 32.0 Å².